The first-order valence-electron chi connectivity index (χ1n) is 8.41. The van der Waals surface area contributed by atoms with Crippen molar-refractivity contribution < 1.29 is 28.7 Å². The molecule has 2 amide bonds. The van der Waals surface area contributed by atoms with E-state index >= 15 is 0 Å². The first-order valence-corrected chi connectivity index (χ1v) is 8.41. The number of unbranched alkanes of at least 4 members (excludes halogenated alkanes) is 3. The van der Waals surface area contributed by atoms with E-state index in [4.69, 9.17) is 14.7 Å². The number of hydrogen-bond acceptors (Lipinski definition) is 5. The molecule has 2 aliphatic rings. The minimum absolute atomic E-state index is 0.270. The molecule has 0 aliphatic carbocycles. The second-order valence-corrected chi connectivity index (χ2v) is 6.13. The van der Waals surface area contributed by atoms with Crippen molar-refractivity contribution in [2.75, 3.05) is 24.7 Å². The molecule has 1 spiro atoms. The van der Waals surface area contributed by atoms with Crippen LogP contribution in [-0.2, 0) is 24.8 Å². The number of ether oxygens (including phenoxy) is 2. The van der Waals surface area contributed by atoms with E-state index in [-0.39, 0.29) is 12.3 Å². The predicted molar refractivity (Wildman–Crippen MR) is 85.3 cm³/mol. The number of nitrogens with one attached hydrogen (secondary N) is 1. The van der Waals surface area contributed by atoms with E-state index in [1.165, 1.54) is 12.1 Å². The third kappa shape index (κ3) is 3.37. The summed E-state index contributed by atoms with van der Waals surface area (Å²) >= 11 is 0. The second-order valence-electron chi connectivity index (χ2n) is 6.13. The van der Waals surface area contributed by atoms with Crippen LogP contribution in [0.4, 0.5) is 10.1 Å². The van der Waals surface area contributed by atoms with Gasteiger partial charge in [-0.05, 0) is 31.0 Å². The van der Waals surface area contributed by atoms with Crippen LogP contribution in [-0.4, -0.2) is 36.8 Å². The highest BCUT2D eigenvalue weighted by Crippen LogP contribution is 2.45. The van der Waals surface area contributed by atoms with Crippen LogP contribution >= 0.6 is 0 Å². The Morgan fingerprint density at radius 2 is 1.96 bits per heavy atom. The molecule has 0 radical (unpaired) electrons. The summed E-state index contributed by atoms with van der Waals surface area (Å²) in [5.74, 6) is -2.65. The zero-order valence-electron chi connectivity index (χ0n) is 13.8. The molecule has 2 N–H and O–H groups in total. The van der Waals surface area contributed by atoms with Gasteiger partial charge in [0.25, 0.3) is 11.7 Å². The molecule has 136 valence electrons. The van der Waals surface area contributed by atoms with Gasteiger partial charge in [0.2, 0.25) is 5.91 Å². The lowest BCUT2D eigenvalue weighted by atomic mass is 10.1. The molecule has 0 atom stereocenters. The van der Waals surface area contributed by atoms with Crippen LogP contribution in [0.1, 0.15) is 37.7 Å². The molecule has 2 heterocycles. The highest BCUT2D eigenvalue weighted by molar-refractivity contribution is 6.06. The van der Waals surface area contributed by atoms with Gasteiger partial charge in [-0.2, -0.15) is 0 Å². The number of anilines is 1. The van der Waals surface area contributed by atoms with Crippen LogP contribution in [0.3, 0.4) is 0 Å². The van der Waals surface area contributed by atoms with Crippen LogP contribution in [0.5, 0.6) is 0 Å². The van der Waals surface area contributed by atoms with Crippen molar-refractivity contribution in [1.82, 2.24) is 5.48 Å². The molecule has 2 aliphatic heterocycles. The average molecular weight is 352 g/mol. The molecule has 0 aromatic heterocycles. The number of fused-ring (bicyclic) bond motifs is 2. The monoisotopic (exact) mass is 352 g/mol. The number of hydroxylamine groups is 1. The maximum atomic E-state index is 13.6. The minimum Gasteiger partial charge on any atom is -0.336 e. The van der Waals surface area contributed by atoms with Gasteiger partial charge < -0.3 is 14.4 Å². The van der Waals surface area contributed by atoms with Crippen molar-refractivity contribution in [2.45, 2.75) is 37.9 Å². The Kier molecular flexibility index (Phi) is 5.31. The largest absolute Gasteiger partial charge is 0.336 e. The fourth-order valence-corrected chi connectivity index (χ4v) is 3.29. The van der Waals surface area contributed by atoms with Crippen molar-refractivity contribution >= 4 is 17.5 Å². The number of benzene rings is 1. The lowest BCUT2D eigenvalue weighted by Gasteiger charge is -2.22. The van der Waals surface area contributed by atoms with Crippen LogP contribution < -0.4 is 10.4 Å². The molecular weight excluding hydrogens is 331 g/mol. The normalized spacial score (nSPS) is 18.0. The van der Waals surface area contributed by atoms with Crippen LogP contribution in [0.25, 0.3) is 0 Å². The number of carbonyl (C=O) groups excluding carboxylic acids is 2. The summed E-state index contributed by atoms with van der Waals surface area (Å²) in [7, 11) is 0. The first-order chi connectivity index (χ1) is 12.1. The van der Waals surface area contributed by atoms with Crippen molar-refractivity contribution in [2.24, 2.45) is 0 Å². The van der Waals surface area contributed by atoms with Gasteiger partial charge in [0.1, 0.15) is 5.82 Å². The summed E-state index contributed by atoms with van der Waals surface area (Å²) in [6.07, 6.45) is 3.31. The summed E-state index contributed by atoms with van der Waals surface area (Å²) in [6.45, 7) is 1.06. The zero-order chi connectivity index (χ0) is 17.9. The van der Waals surface area contributed by atoms with Gasteiger partial charge in [-0.3, -0.25) is 14.8 Å². The van der Waals surface area contributed by atoms with E-state index in [1.807, 2.05) is 0 Å². The Hall–Kier alpha value is -2.03. The highest BCUT2D eigenvalue weighted by Gasteiger charge is 2.55. The molecule has 0 saturated carbocycles. The number of amides is 2. The number of carbonyl (C=O) groups is 2. The Bertz CT molecular complexity index is 660. The standard InChI is InChI=1S/C17H21FN2O5/c18-12-6-7-14-13(11-12)17(24-9-10-25-17)16(22)20(14)8-4-2-1-3-5-15(21)19-23/h6-7,11,23H,1-5,8-10H2,(H,19,21). The quantitative estimate of drug-likeness (QED) is 0.444. The number of halogens is 1. The summed E-state index contributed by atoms with van der Waals surface area (Å²) in [5, 5.41) is 8.43. The Morgan fingerprint density at radius 3 is 2.68 bits per heavy atom. The van der Waals surface area contributed by atoms with E-state index in [9.17, 15) is 14.0 Å². The molecule has 7 nitrogen and oxygen atoms in total. The topological polar surface area (TPSA) is 88.1 Å². The maximum Gasteiger partial charge on any atom is 0.292 e. The van der Waals surface area contributed by atoms with Gasteiger partial charge in [-0.15, -0.1) is 0 Å². The smallest absolute Gasteiger partial charge is 0.292 e. The van der Waals surface area contributed by atoms with Gasteiger partial charge >= 0.3 is 0 Å². The Labute approximate surface area is 144 Å². The molecule has 0 bridgehead atoms. The van der Waals surface area contributed by atoms with Crippen molar-refractivity contribution in [3.8, 4) is 0 Å². The lowest BCUT2D eigenvalue weighted by molar-refractivity contribution is -0.180. The lowest BCUT2D eigenvalue weighted by Crippen LogP contribution is -2.41. The number of hydrogen-bond donors (Lipinski definition) is 2. The fourth-order valence-electron chi connectivity index (χ4n) is 3.29. The van der Waals surface area contributed by atoms with Crippen LogP contribution in [0.15, 0.2) is 18.2 Å². The van der Waals surface area contributed by atoms with E-state index in [2.05, 4.69) is 0 Å². The molecule has 8 heteroatoms. The number of rotatable bonds is 7. The van der Waals surface area contributed by atoms with E-state index < -0.39 is 17.5 Å². The van der Waals surface area contributed by atoms with Crippen molar-refractivity contribution in [1.29, 1.82) is 0 Å². The SMILES string of the molecule is O=C(CCCCCCN1C(=O)C2(OCCO2)c2cc(F)ccc21)NO. The van der Waals surface area contributed by atoms with Gasteiger partial charge in [-0.25, -0.2) is 9.87 Å². The molecule has 1 aromatic rings. The fraction of sp³-hybridized carbons (Fsp3) is 0.529. The third-order valence-electron chi connectivity index (χ3n) is 4.48. The molecule has 3 rings (SSSR count). The van der Waals surface area contributed by atoms with E-state index in [0.717, 1.165) is 19.3 Å². The molecule has 1 aromatic carbocycles. The molecule has 0 unspecified atom stereocenters. The third-order valence-corrected chi connectivity index (χ3v) is 4.48. The predicted octanol–water partition coefficient (Wildman–Crippen LogP) is 1.83. The van der Waals surface area contributed by atoms with Gasteiger partial charge in [0.15, 0.2) is 0 Å². The first kappa shape index (κ1) is 17.8. The Balaban J connectivity index is 1.61. The summed E-state index contributed by atoms with van der Waals surface area (Å²) < 4.78 is 24.8. The summed E-state index contributed by atoms with van der Waals surface area (Å²) in [4.78, 5) is 25.3. The van der Waals surface area contributed by atoms with E-state index in [1.54, 1.807) is 16.4 Å². The van der Waals surface area contributed by atoms with Gasteiger partial charge in [-0.1, -0.05) is 12.8 Å². The summed E-state index contributed by atoms with van der Waals surface area (Å²) in [5.41, 5.74) is 2.64. The van der Waals surface area contributed by atoms with Crippen molar-refractivity contribution in [3.63, 3.8) is 0 Å². The van der Waals surface area contributed by atoms with Gasteiger partial charge in [0, 0.05) is 18.5 Å². The summed E-state index contributed by atoms with van der Waals surface area (Å²) in [6, 6.07) is 4.20. The van der Waals surface area contributed by atoms with Crippen LogP contribution in [0, 0.1) is 5.82 Å². The molecule has 1 saturated heterocycles. The zero-order valence-corrected chi connectivity index (χ0v) is 13.8. The highest BCUT2D eigenvalue weighted by atomic mass is 19.1. The average Bonchev–Trinajstić information content (AvgIpc) is 3.18. The minimum atomic E-state index is -1.50. The molecular formula is C17H21FN2O5. The Morgan fingerprint density at radius 1 is 1.24 bits per heavy atom. The second kappa shape index (κ2) is 7.47. The molecule has 25 heavy (non-hydrogen) atoms. The molecule has 1 fully saturated rings. The number of nitrogens with zero attached hydrogens (tertiary/aromatic N) is 1. The maximum absolute atomic E-state index is 13.6. The van der Waals surface area contributed by atoms with Crippen molar-refractivity contribution in [3.05, 3.63) is 29.6 Å². The van der Waals surface area contributed by atoms with E-state index in [0.29, 0.717) is 37.4 Å². The van der Waals surface area contributed by atoms with Crippen LogP contribution in [0.2, 0.25) is 0 Å². The van der Waals surface area contributed by atoms with Gasteiger partial charge in [0.05, 0.1) is 18.9 Å².